The molecule has 0 bridgehead atoms. The SMILES string of the molecule is COc1cc2oc(C(=O)N3C[C@H](C)N(Cc4ccc(F)cc4)C[C@H]3C)cc2cc1[N+](=O)[O-]. The molecular formula is C23H24FN3O5. The molecule has 32 heavy (non-hydrogen) atoms. The second-order valence-corrected chi connectivity index (χ2v) is 8.14. The molecule has 1 saturated heterocycles. The quantitative estimate of drug-likeness (QED) is 0.435. The van der Waals surface area contributed by atoms with E-state index in [9.17, 15) is 19.3 Å². The van der Waals surface area contributed by atoms with Gasteiger partial charge in [-0.1, -0.05) is 12.1 Å². The predicted octanol–water partition coefficient (Wildman–Crippen LogP) is 4.22. The summed E-state index contributed by atoms with van der Waals surface area (Å²) in [7, 11) is 1.34. The molecule has 2 aromatic carbocycles. The molecule has 1 aliphatic heterocycles. The van der Waals surface area contributed by atoms with E-state index >= 15 is 0 Å². The van der Waals surface area contributed by atoms with Gasteiger partial charge in [0.05, 0.1) is 12.0 Å². The van der Waals surface area contributed by atoms with Crippen molar-refractivity contribution in [1.29, 1.82) is 0 Å². The molecule has 0 spiro atoms. The van der Waals surface area contributed by atoms with Gasteiger partial charge in [0, 0.05) is 49.2 Å². The van der Waals surface area contributed by atoms with Crippen LogP contribution in [-0.2, 0) is 6.54 Å². The van der Waals surface area contributed by atoms with Crippen LogP contribution in [0.15, 0.2) is 46.9 Å². The zero-order chi connectivity index (χ0) is 23.0. The summed E-state index contributed by atoms with van der Waals surface area (Å²) >= 11 is 0. The number of piperazine rings is 1. The molecule has 1 amide bonds. The third kappa shape index (κ3) is 4.16. The number of amides is 1. The average Bonchev–Trinajstić information content (AvgIpc) is 3.19. The minimum absolute atomic E-state index is 0.0729. The van der Waals surface area contributed by atoms with Crippen molar-refractivity contribution >= 4 is 22.6 Å². The van der Waals surface area contributed by atoms with Crippen LogP contribution in [0.4, 0.5) is 10.1 Å². The number of hydrogen-bond donors (Lipinski definition) is 0. The molecule has 1 aromatic heterocycles. The van der Waals surface area contributed by atoms with E-state index < -0.39 is 4.92 Å². The molecule has 1 fully saturated rings. The Morgan fingerprint density at radius 3 is 2.56 bits per heavy atom. The fourth-order valence-electron chi connectivity index (χ4n) is 4.14. The first kappa shape index (κ1) is 21.8. The van der Waals surface area contributed by atoms with Crippen LogP contribution in [0.25, 0.3) is 11.0 Å². The van der Waals surface area contributed by atoms with Gasteiger partial charge in [-0.3, -0.25) is 19.8 Å². The fraction of sp³-hybridized carbons (Fsp3) is 0.348. The number of carbonyl (C=O) groups is 1. The van der Waals surface area contributed by atoms with Crippen LogP contribution in [0, 0.1) is 15.9 Å². The fourth-order valence-corrected chi connectivity index (χ4v) is 4.14. The minimum atomic E-state index is -0.531. The number of carbonyl (C=O) groups excluding carboxylic acids is 1. The first-order valence-corrected chi connectivity index (χ1v) is 10.3. The highest BCUT2D eigenvalue weighted by Crippen LogP contribution is 2.34. The number of methoxy groups -OCH3 is 1. The van der Waals surface area contributed by atoms with Gasteiger partial charge >= 0.3 is 5.69 Å². The van der Waals surface area contributed by atoms with Crippen LogP contribution in [0.5, 0.6) is 5.75 Å². The van der Waals surface area contributed by atoms with Crippen LogP contribution in [-0.4, -0.2) is 52.9 Å². The van der Waals surface area contributed by atoms with Crippen molar-refractivity contribution in [1.82, 2.24) is 9.80 Å². The summed E-state index contributed by atoms with van der Waals surface area (Å²) in [5.74, 6) is -0.316. The Balaban J connectivity index is 1.52. The van der Waals surface area contributed by atoms with E-state index in [1.165, 1.54) is 37.4 Å². The van der Waals surface area contributed by atoms with Gasteiger partial charge in [0.25, 0.3) is 5.91 Å². The number of furan rings is 1. The number of nitro benzene ring substituents is 1. The number of hydrogen-bond acceptors (Lipinski definition) is 6. The molecule has 168 valence electrons. The number of halogens is 1. The van der Waals surface area contributed by atoms with Gasteiger partial charge in [-0.15, -0.1) is 0 Å². The lowest BCUT2D eigenvalue weighted by Crippen LogP contribution is -2.57. The summed E-state index contributed by atoms with van der Waals surface area (Å²) < 4.78 is 24.0. The zero-order valence-electron chi connectivity index (χ0n) is 18.1. The summed E-state index contributed by atoms with van der Waals surface area (Å²) in [5.41, 5.74) is 1.18. The lowest BCUT2D eigenvalue weighted by atomic mass is 10.1. The van der Waals surface area contributed by atoms with Gasteiger partial charge in [-0.05, 0) is 37.6 Å². The van der Waals surface area contributed by atoms with Gasteiger partial charge in [0.1, 0.15) is 11.4 Å². The van der Waals surface area contributed by atoms with E-state index in [2.05, 4.69) is 4.90 Å². The maximum absolute atomic E-state index is 13.2. The number of nitrogens with zero attached hydrogens (tertiary/aromatic N) is 3. The molecule has 8 nitrogen and oxygen atoms in total. The normalized spacial score (nSPS) is 19.3. The number of rotatable bonds is 5. The third-order valence-corrected chi connectivity index (χ3v) is 5.90. The third-order valence-electron chi connectivity index (χ3n) is 5.90. The highest BCUT2D eigenvalue weighted by molar-refractivity contribution is 5.97. The molecule has 0 saturated carbocycles. The largest absolute Gasteiger partial charge is 0.490 e. The van der Waals surface area contributed by atoms with Crippen LogP contribution >= 0.6 is 0 Å². The molecule has 2 atom stereocenters. The van der Waals surface area contributed by atoms with E-state index in [-0.39, 0.29) is 41.0 Å². The van der Waals surface area contributed by atoms with Crippen molar-refractivity contribution in [2.75, 3.05) is 20.2 Å². The Morgan fingerprint density at radius 2 is 1.91 bits per heavy atom. The number of ether oxygens (including phenoxy) is 1. The highest BCUT2D eigenvalue weighted by atomic mass is 19.1. The van der Waals surface area contributed by atoms with Crippen molar-refractivity contribution in [3.05, 3.63) is 69.7 Å². The molecule has 1 aliphatic rings. The van der Waals surface area contributed by atoms with E-state index in [4.69, 9.17) is 9.15 Å². The van der Waals surface area contributed by atoms with Gasteiger partial charge in [0.15, 0.2) is 5.76 Å². The molecule has 4 rings (SSSR count). The minimum Gasteiger partial charge on any atom is -0.490 e. The van der Waals surface area contributed by atoms with Gasteiger partial charge in [-0.2, -0.15) is 0 Å². The van der Waals surface area contributed by atoms with Crippen molar-refractivity contribution in [2.24, 2.45) is 0 Å². The first-order valence-electron chi connectivity index (χ1n) is 10.3. The Bertz CT molecular complexity index is 1160. The molecule has 3 aromatic rings. The van der Waals surface area contributed by atoms with E-state index in [0.717, 1.165) is 5.56 Å². The summed E-state index contributed by atoms with van der Waals surface area (Å²) in [6, 6.07) is 10.8. The Hall–Kier alpha value is -3.46. The molecule has 0 N–H and O–H groups in total. The van der Waals surface area contributed by atoms with Gasteiger partial charge in [0.2, 0.25) is 5.75 Å². The second-order valence-electron chi connectivity index (χ2n) is 8.14. The number of fused-ring (bicyclic) bond motifs is 1. The van der Waals surface area contributed by atoms with Crippen LogP contribution in [0.2, 0.25) is 0 Å². The maximum Gasteiger partial charge on any atom is 0.311 e. The monoisotopic (exact) mass is 441 g/mol. The summed E-state index contributed by atoms with van der Waals surface area (Å²) in [5, 5.41) is 11.7. The van der Waals surface area contributed by atoms with Crippen molar-refractivity contribution in [3.63, 3.8) is 0 Å². The number of benzene rings is 2. The summed E-state index contributed by atoms with van der Waals surface area (Å²) in [4.78, 5) is 28.0. The first-order chi connectivity index (χ1) is 15.3. The Labute approximate surface area is 184 Å². The van der Waals surface area contributed by atoms with Gasteiger partial charge < -0.3 is 14.1 Å². The molecule has 0 radical (unpaired) electrons. The topological polar surface area (TPSA) is 89.1 Å². The zero-order valence-corrected chi connectivity index (χ0v) is 18.1. The standard InChI is InChI=1S/C23H24FN3O5/c1-14-12-26(15(2)11-25(14)13-16-4-6-18(24)7-5-16)23(28)22-9-17-8-19(27(29)30)21(31-3)10-20(17)32-22/h4-10,14-15H,11-13H2,1-3H3/t14-,15+/m0/s1. The smallest absolute Gasteiger partial charge is 0.311 e. The highest BCUT2D eigenvalue weighted by Gasteiger charge is 2.34. The van der Waals surface area contributed by atoms with Crippen molar-refractivity contribution < 1.29 is 23.3 Å². The lowest BCUT2D eigenvalue weighted by molar-refractivity contribution is -0.385. The van der Waals surface area contributed by atoms with E-state index in [1.54, 1.807) is 17.0 Å². The van der Waals surface area contributed by atoms with Crippen LogP contribution in [0.3, 0.4) is 0 Å². The van der Waals surface area contributed by atoms with Crippen LogP contribution < -0.4 is 4.74 Å². The molecule has 9 heteroatoms. The van der Waals surface area contributed by atoms with Crippen LogP contribution in [0.1, 0.15) is 30.0 Å². The average molecular weight is 441 g/mol. The Morgan fingerprint density at radius 1 is 1.19 bits per heavy atom. The van der Waals surface area contributed by atoms with E-state index in [0.29, 0.717) is 30.6 Å². The second kappa shape index (κ2) is 8.58. The molecule has 2 heterocycles. The van der Waals surface area contributed by atoms with Crippen molar-refractivity contribution in [2.45, 2.75) is 32.5 Å². The Kier molecular flexibility index (Phi) is 5.84. The van der Waals surface area contributed by atoms with Crippen molar-refractivity contribution in [3.8, 4) is 5.75 Å². The summed E-state index contributed by atoms with van der Waals surface area (Å²) in [6.07, 6.45) is 0. The van der Waals surface area contributed by atoms with Gasteiger partial charge in [-0.25, -0.2) is 4.39 Å². The number of nitro groups is 1. The maximum atomic E-state index is 13.2. The molecule has 0 unspecified atom stereocenters. The lowest BCUT2D eigenvalue weighted by Gasteiger charge is -2.43. The predicted molar refractivity (Wildman–Crippen MR) is 116 cm³/mol. The molecular weight excluding hydrogens is 417 g/mol. The summed E-state index contributed by atoms with van der Waals surface area (Å²) in [6.45, 7) is 5.84. The van der Waals surface area contributed by atoms with E-state index in [1.807, 2.05) is 13.8 Å². The molecule has 0 aliphatic carbocycles.